The summed E-state index contributed by atoms with van der Waals surface area (Å²) in [5.74, 6) is 0. The maximum atomic E-state index is 4.33. The van der Waals surface area contributed by atoms with Crippen molar-refractivity contribution in [2.45, 2.75) is 0 Å². The molecule has 0 unspecified atom stereocenters. The summed E-state index contributed by atoms with van der Waals surface area (Å²) in [5, 5.41) is 0. The van der Waals surface area contributed by atoms with Gasteiger partial charge in [0.25, 0.3) is 0 Å². The summed E-state index contributed by atoms with van der Waals surface area (Å²) in [5.41, 5.74) is 1.25. The van der Waals surface area contributed by atoms with E-state index in [4.69, 9.17) is 0 Å². The molecule has 0 aliphatic carbocycles. The third-order valence-electron chi connectivity index (χ3n) is 1.88. The predicted molar refractivity (Wildman–Crippen MR) is 53.8 cm³/mol. The molecule has 1 heterocycles. The molecule has 2 rings (SSSR count). The SMILES string of the molecule is [CH]1C=CC=NB1c1ccccc1. The van der Waals surface area contributed by atoms with Gasteiger partial charge >= 0.3 is 6.85 Å². The van der Waals surface area contributed by atoms with E-state index in [1.165, 1.54) is 5.46 Å². The van der Waals surface area contributed by atoms with Gasteiger partial charge in [-0.2, -0.15) is 0 Å². The lowest BCUT2D eigenvalue weighted by Crippen LogP contribution is -2.29. The molecule has 12 heavy (non-hydrogen) atoms. The fourth-order valence-electron chi connectivity index (χ4n) is 1.26. The lowest BCUT2D eigenvalue weighted by Gasteiger charge is -2.07. The van der Waals surface area contributed by atoms with Gasteiger partial charge in [0.15, 0.2) is 0 Å². The minimum atomic E-state index is 0.219. The standard InChI is InChI=1S/C10H9BN/c1-2-6-10(7-3-1)11-8-4-5-9-12-11/h1-9H. The van der Waals surface area contributed by atoms with E-state index < -0.39 is 0 Å². The van der Waals surface area contributed by atoms with Gasteiger partial charge in [-0.3, -0.25) is 0 Å². The van der Waals surface area contributed by atoms with Gasteiger partial charge in [0.05, 0.1) is 0 Å². The quantitative estimate of drug-likeness (QED) is 0.540. The summed E-state index contributed by atoms with van der Waals surface area (Å²) in [6.07, 6.45) is 7.91. The Hall–Kier alpha value is -1.31. The van der Waals surface area contributed by atoms with Gasteiger partial charge in [-0.15, -0.1) is 0 Å². The molecule has 0 saturated carbocycles. The van der Waals surface area contributed by atoms with E-state index in [1.54, 1.807) is 0 Å². The van der Waals surface area contributed by atoms with E-state index in [-0.39, 0.29) is 6.85 Å². The number of hydrogen-bond acceptors (Lipinski definition) is 1. The van der Waals surface area contributed by atoms with Crippen LogP contribution in [0.15, 0.2) is 47.4 Å². The molecule has 1 aromatic rings. The Balaban J connectivity index is 2.21. The minimum absolute atomic E-state index is 0.219. The maximum absolute atomic E-state index is 4.33. The van der Waals surface area contributed by atoms with Crippen LogP contribution in [0.3, 0.4) is 0 Å². The number of rotatable bonds is 1. The second-order valence-corrected chi connectivity index (χ2v) is 2.73. The van der Waals surface area contributed by atoms with Crippen molar-refractivity contribution in [3.8, 4) is 0 Å². The zero-order chi connectivity index (χ0) is 8.23. The van der Waals surface area contributed by atoms with Crippen molar-refractivity contribution < 1.29 is 0 Å². The molecular formula is C10H9BN. The van der Waals surface area contributed by atoms with Crippen molar-refractivity contribution in [2.75, 3.05) is 0 Å². The Morgan fingerprint density at radius 3 is 2.50 bits per heavy atom. The monoisotopic (exact) mass is 154 g/mol. The van der Waals surface area contributed by atoms with Crippen molar-refractivity contribution in [2.24, 2.45) is 4.90 Å². The van der Waals surface area contributed by atoms with Gasteiger partial charge in [0, 0.05) is 6.21 Å². The molecular weight excluding hydrogens is 145 g/mol. The van der Waals surface area contributed by atoms with Crippen LogP contribution in [0.25, 0.3) is 0 Å². The van der Waals surface area contributed by atoms with Crippen LogP contribution in [0, 0.1) is 6.32 Å². The second kappa shape index (κ2) is 3.39. The number of hydrogen-bond donors (Lipinski definition) is 0. The third-order valence-corrected chi connectivity index (χ3v) is 1.88. The highest BCUT2D eigenvalue weighted by molar-refractivity contribution is 6.76. The molecule has 1 aromatic carbocycles. The first kappa shape index (κ1) is 7.35. The van der Waals surface area contributed by atoms with Crippen LogP contribution in [-0.2, 0) is 0 Å². The molecule has 2 heteroatoms. The van der Waals surface area contributed by atoms with Crippen LogP contribution in [0.2, 0.25) is 0 Å². The largest absolute Gasteiger partial charge is 0.342 e. The fourth-order valence-corrected chi connectivity index (χ4v) is 1.26. The molecule has 0 fully saturated rings. The van der Waals surface area contributed by atoms with Crippen LogP contribution in [0.5, 0.6) is 0 Å². The van der Waals surface area contributed by atoms with Crippen molar-refractivity contribution in [1.82, 2.24) is 0 Å². The van der Waals surface area contributed by atoms with Gasteiger partial charge in [0.2, 0.25) is 0 Å². The fraction of sp³-hybridized carbons (Fsp3) is 0. The van der Waals surface area contributed by atoms with Crippen LogP contribution < -0.4 is 5.46 Å². The molecule has 1 aliphatic rings. The van der Waals surface area contributed by atoms with Crippen LogP contribution in [0.1, 0.15) is 0 Å². The summed E-state index contributed by atoms with van der Waals surface area (Å²) in [7, 11) is 0. The van der Waals surface area contributed by atoms with E-state index >= 15 is 0 Å². The summed E-state index contributed by atoms with van der Waals surface area (Å²) in [6.45, 7) is 0.219. The molecule has 0 N–H and O–H groups in total. The predicted octanol–water partition coefficient (Wildman–Crippen LogP) is 1.27. The Labute approximate surface area is 72.9 Å². The van der Waals surface area contributed by atoms with Gasteiger partial charge in [0.1, 0.15) is 0 Å². The van der Waals surface area contributed by atoms with E-state index in [0.29, 0.717) is 0 Å². The molecule has 0 amide bonds. The molecule has 0 atom stereocenters. The Bertz CT molecular complexity index is 303. The van der Waals surface area contributed by atoms with Crippen molar-refractivity contribution >= 4 is 18.5 Å². The topological polar surface area (TPSA) is 12.4 Å². The molecule has 1 nitrogen and oxygen atoms in total. The number of nitrogens with zero attached hydrogens (tertiary/aromatic N) is 1. The summed E-state index contributed by atoms with van der Waals surface area (Å²) in [6, 6.07) is 10.3. The Morgan fingerprint density at radius 1 is 1.00 bits per heavy atom. The lowest BCUT2D eigenvalue weighted by molar-refractivity contribution is 1.66. The number of benzene rings is 1. The van der Waals surface area contributed by atoms with Crippen LogP contribution >= 0.6 is 0 Å². The Morgan fingerprint density at radius 2 is 1.83 bits per heavy atom. The summed E-state index contributed by atoms with van der Waals surface area (Å²) >= 11 is 0. The van der Waals surface area contributed by atoms with Crippen LogP contribution in [-0.4, -0.2) is 13.1 Å². The van der Waals surface area contributed by atoms with Crippen LogP contribution in [0.4, 0.5) is 0 Å². The normalized spacial score (nSPS) is 15.2. The molecule has 0 saturated heterocycles. The first-order valence-electron chi connectivity index (χ1n) is 4.05. The van der Waals surface area contributed by atoms with Gasteiger partial charge in [-0.05, 0) is 6.32 Å². The summed E-state index contributed by atoms with van der Waals surface area (Å²) in [4.78, 5) is 4.33. The third kappa shape index (κ3) is 1.47. The second-order valence-electron chi connectivity index (χ2n) is 2.73. The van der Waals surface area contributed by atoms with Gasteiger partial charge in [-0.25, -0.2) is 0 Å². The zero-order valence-corrected chi connectivity index (χ0v) is 6.72. The highest BCUT2D eigenvalue weighted by Crippen LogP contribution is 1.98. The molecule has 1 radical (unpaired) electrons. The highest BCUT2D eigenvalue weighted by Gasteiger charge is 2.14. The van der Waals surface area contributed by atoms with Crippen molar-refractivity contribution in [1.29, 1.82) is 0 Å². The molecule has 0 bridgehead atoms. The first-order valence-corrected chi connectivity index (χ1v) is 4.05. The molecule has 0 spiro atoms. The highest BCUT2D eigenvalue weighted by atomic mass is 14.6. The molecule has 57 valence electrons. The van der Waals surface area contributed by atoms with E-state index in [9.17, 15) is 0 Å². The average Bonchev–Trinajstić information content (AvgIpc) is 2.21. The molecule has 1 aliphatic heterocycles. The maximum Gasteiger partial charge on any atom is 0.318 e. The number of allylic oxidation sites excluding steroid dienone is 2. The van der Waals surface area contributed by atoms with E-state index in [2.05, 4.69) is 23.4 Å². The van der Waals surface area contributed by atoms with Gasteiger partial charge in [-0.1, -0.05) is 47.9 Å². The van der Waals surface area contributed by atoms with Crippen molar-refractivity contribution in [3.63, 3.8) is 0 Å². The Kier molecular flexibility index (Phi) is 2.08. The smallest absolute Gasteiger partial charge is 0.318 e. The summed E-state index contributed by atoms with van der Waals surface area (Å²) < 4.78 is 0. The zero-order valence-electron chi connectivity index (χ0n) is 6.72. The van der Waals surface area contributed by atoms with Crippen molar-refractivity contribution in [3.05, 3.63) is 48.8 Å². The average molecular weight is 154 g/mol. The van der Waals surface area contributed by atoms with E-state index in [1.807, 2.05) is 36.6 Å². The molecule has 0 aromatic heterocycles. The van der Waals surface area contributed by atoms with Gasteiger partial charge < -0.3 is 4.90 Å². The van der Waals surface area contributed by atoms with E-state index in [0.717, 1.165) is 0 Å². The first-order chi connectivity index (χ1) is 5.97. The lowest BCUT2D eigenvalue weighted by atomic mass is 9.53. The minimum Gasteiger partial charge on any atom is -0.342 e.